The molecule has 6 heteroatoms. The number of rotatable bonds is 6. The van der Waals surface area contributed by atoms with E-state index in [9.17, 15) is 0 Å². The van der Waals surface area contributed by atoms with E-state index >= 15 is 0 Å². The summed E-state index contributed by atoms with van der Waals surface area (Å²) in [5.74, 6) is 1.54. The first-order valence-corrected chi connectivity index (χ1v) is 5.96. The number of hydrogen-bond donors (Lipinski definition) is 1. The highest BCUT2D eigenvalue weighted by Crippen LogP contribution is 2.08. The van der Waals surface area contributed by atoms with E-state index in [4.69, 9.17) is 5.73 Å². The lowest BCUT2D eigenvalue weighted by atomic mass is 10.3. The molecule has 1 aromatic rings. The highest BCUT2D eigenvalue weighted by molar-refractivity contribution is 5.32. The number of anilines is 2. The van der Waals surface area contributed by atoms with Crippen molar-refractivity contribution >= 4 is 11.9 Å². The van der Waals surface area contributed by atoms with Crippen molar-refractivity contribution in [3.8, 4) is 0 Å². The molecule has 0 aliphatic rings. The number of aromatic nitrogens is 3. The van der Waals surface area contributed by atoms with Crippen LogP contribution in [0.2, 0.25) is 0 Å². The first-order valence-electron chi connectivity index (χ1n) is 5.96. The van der Waals surface area contributed by atoms with Crippen molar-refractivity contribution in [2.75, 3.05) is 37.8 Å². The summed E-state index contributed by atoms with van der Waals surface area (Å²) in [4.78, 5) is 16.6. The van der Waals surface area contributed by atoms with Crippen LogP contribution in [0.15, 0.2) is 12.2 Å². The molecule has 0 spiro atoms. The molecule has 1 heterocycles. The third-order valence-corrected chi connectivity index (χ3v) is 2.39. The van der Waals surface area contributed by atoms with E-state index in [1.54, 1.807) is 0 Å². The number of hydrogen-bond acceptors (Lipinski definition) is 6. The van der Waals surface area contributed by atoms with Crippen LogP contribution in [0.3, 0.4) is 0 Å². The van der Waals surface area contributed by atoms with Crippen molar-refractivity contribution in [2.45, 2.75) is 20.4 Å². The van der Waals surface area contributed by atoms with Crippen LogP contribution in [0.4, 0.5) is 11.9 Å². The number of likely N-dealkylation sites (N-methyl/N-ethyl adjacent to an activating group) is 1. The molecule has 2 N–H and O–H groups in total. The Morgan fingerprint density at radius 2 is 1.94 bits per heavy atom. The van der Waals surface area contributed by atoms with E-state index in [0.29, 0.717) is 18.3 Å². The molecule has 0 aliphatic heterocycles. The summed E-state index contributed by atoms with van der Waals surface area (Å²) in [5, 5.41) is 0. The molecule has 0 aliphatic carbocycles. The first kappa shape index (κ1) is 14.4. The van der Waals surface area contributed by atoms with E-state index in [2.05, 4.69) is 33.4 Å². The highest BCUT2D eigenvalue weighted by atomic mass is 15.3. The second-order valence-corrected chi connectivity index (χ2v) is 4.56. The van der Waals surface area contributed by atoms with Crippen molar-refractivity contribution in [1.82, 2.24) is 19.9 Å². The summed E-state index contributed by atoms with van der Waals surface area (Å²) in [6, 6.07) is 0. The van der Waals surface area contributed by atoms with Gasteiger partial charge in [0, 0.05) is 20.6 Å². The zero-order chi connectivity index (χ0) is 13.7. The fraction of sp³-hybridized carbons (Fsp3) is 0.583. The molecule has 0 fully saturated rings. The molecule has 0 unspecified atom stereocenters. The van der Waals surface area contributed by atoms with Crippen molar-refractivity contribution in [3.05, 3.63) is 18.0 Å². The Labute approximate surface area is 109 Å². The van der Waals surface area contributed by atoms with Gasteiger partial charge < -0.3 is 10.6 Å². The van der Waals surface area contributed by atoms with Crippen LogP contribution < -0.4 is 10.6 Å². The fourth-order valence-corrected chi connectivity index (χ4v) is 1.56. The fourth-order valence-electron chi connectivity index (χ4n) is 1.56. The Bertz CT molecular complexity index is 415. The minimum Gasteiger partial charge on any atom is -0.368 e. The van der Waals surface area contributed by atoms with Gasteiger partial charge in [-0.3, -0.25) is 4.90 Å². The summed E-state index contributed by atoms with van der Waals surface area (Å²) in [6.07, 6.45) is 0. The Balaban J connectivity index is 2.85. The van der Waals surface area contributed by atoms with Gasteiger partial charge in [0.15, 0.2) is 0 Å². The Kier molecular flexibility index (Phi) is 5.03. The van der Waals surface area contributed by atoms with Gasteiger partial charge in [0.1, 0.15) is 5.82 Å². The standard InChI is InChI=1S/C12H22N6/c1-6-18(7-9(2)3)8-10-14-11(13)16-12(15-10)17(4)5/h2,6-8H2,1,3-5H3,(H2,13,14,15,16). The zero-order valence-corrected chi connectivity index (χ0v) is 11.6. The molecule has 0 bridgehead atoms. The van der Waals surface area contributed by atoms with Gasteiger partial charge in [-0.2, -0.15) is 15.0 Å². The Morgan fingerprint density at radius 3 is 2.44 bits per heavy atom. The normalized spacial score (nSPS) is 10.7. The highest BCUT2D eigenvalue weighted by Gasteiger charge is 2.10. The van der Waals surface area contributed by atoms with Gasteiger partial charge >= 0.3 is 0 Å². The maximum atomic E-state index is 5.69. The van der Waals surface area contributed by atoms with Crippen LogP contribution >= 0.6 is 0 Å². The van der Waals surface area contributed by atoms with E-state index < -0.39 is 0 Å². The molecule has 0 saturated heterocycles. The average molecular weight is 250 g/mol. The molecule has 0 saturated carbocycles. The van der Waals surface area contributed by atoms with Crippen LogP contribution in [0.1, 0.15) is 19.7 Å². The van der Waals surface area contributed by atoms with E-state index in [-0.39, 0.29) is 5.95 Å². The maximum absolute atomic E-state index is 5.69. The van der Waals surface area contributed by atoms with Gasteiger partial charge in [-0.15, -0.1) is 0 Å². The van der Waals surface area contributed by atoms with Gasteiger partial charge in [-0.25, -0.2) is 0 Å². The molecule has 6 nitrogen and oxygen atoms in total. The molecular weight excluding hydrogens is 228 g/mol. The van der Waals surface area contributed by atoms with Gasteiger partial charge in [-0.1, -0.05) is 19.1 Å². The SMILES string of the molecule is C=C(C)CN(CC)Cc1nc(N)nc(N(C)C)n1. The smallest absolute Gasteiger partial charge is 0.229 e. The summed E-state index contributed by atoms with van der Waals surface area (Å²) < 4.78 is 0. The largest absolute Gasteiger partial charge is 0.368 e. The van der Waals surface area contributed by atoms with Crippen LogP contribution in [0.25, 0.3) is 0 Å². The van der Waals surface area contributed by atoms with Gasteiger partial charge in [-0.05, 0) is 13.5 Å². The summed E-state index contributed by atoms with van der Waals surface area (Å²) in [7, 11) is 3.76. The lowest BCUT2D eigenvalue weighted by Crippen LogP contribution is -2.26. The summed E-state index contributed by atoms with van der Waals surface area (Å²) in [6.45, 7) is 10.4. The minimum absolute atomic E-state index is 0.259. The molecule has 18 heavy (non-hydrogen) atoms. The van der Waals surface area contributed by atoms with Crippen molar-refractivity contribution in [1.29, 1.82) is 0 Å². The van der Waals surface area contributed by atoms with Crippen molar-refractivity contribution < 1.29 is 0 Å². The lowest BCUT2D eigenvalue weighted by Gasteiger charge is -2.20. The van der Waals surface area contributed by atoms with Gasteiger partial charge in [0.05, 0.1) is 6.54 Å². The molecule has 1 aromatic heterocycles. The average Bonchev–Trinajstić information content (AvgIpc) is 2.26. The van der Waals surface area contributed by atoms with Gasteiger partial charge in [0.25, 0.3) is 0 Å². The molecular formula is C12H22N6. The van der Waals surface area contributed by atoms with E-state index in [1.807, 2.05) is 25.9 Å². The quantitative estimate of drug-likeness (QED) is 0.757. The maximum Gasteiger partial charge on any atom is 0.229 e. The Hall–Kier alpha value is -1.69. The van der Waals surface area contributed by atoms with Crippen molar-refractivity contribution in [2.24, 2.45) is 0 Å². The number of nitrogen functional groups attached to an aromatic ring is 1. The number of nitrogens with zero attached hydrogens (tertiary/aromatic N) is 5. The molecule has 0 radical (unpaired) electrons. The second-order valence-electron chi connectivity index (χ2n) is 4.56. The second kappa shape index (κ2) is 6.30. The van der Waals surface area contributed by atoms with Gasteiger partial charge in [0.2, 0.25) is 11.9 Å². The Morgan fingerprint density at radius 1 is 1.28 bits per heavy atom. The lowest BCUT2D eigenvalue weighted by molar-refractivity contribution is 0.296. The third kappa shape index (κ3) is 4.29. The van der Waals surface area contributed by atoms with Crippen LogP contribution in [-0.2, 0) is 6.54 Å². The van der Waals surface area contributed by atoms with Crippen molar-refractivity contribution in [3.63, 3.8) is 0 Å². The molecule has 0 amide bonds. The molecule has 100 valence electrons. The minimum atomic E-state index is 0.259. The van der Waals surface area contributed by atoms with E-state index in [0.717, 1.165) is 18.7 Å². The van der Waals surface area contributed by atoms with E-state index in [1.165, 1.54) is 0 Å². The monoisotopic (exact) mass is 250 g/mol. The molecule has 1 rings (SSSR count). The topological polar surface area (TPSA) is 71.2 Å². The predicted molar refractivity (Wildman–Crippen MR) is 74.3 cm³/mol. The summed E-state index contributed by atoms with van der Waals surface area (Å²) >= 11 is 0. The zero-order valence-electron chi connectivity index (χ0n) is 11.6. The molecule has 0 aromatic carbocycles. The number of nitrogens with two attached hydrogens (primary N) is 1. The first-order chi connectivity index (χ1) is 8.42. The van der Waals surface area contributed by atoms with Crippen LogP contribution in [0.5, 0.6) is 0 Å². The molecule has 0 atom stereocenters. The predicted octanol–water partition coefficient (Wildman–Crippen LogP) is 0.918. The summed E-state index contributed by atoms with van der Waals surface area (Å²) in [5.41, 5.74) is 6.81. The third-order valence-electron chi connectivity index (χ3n) is 2.39. The van der Waals surface area contributed by atoms with Crippen LogP contribution in [0, 0.1) is 0 Å². The van der Waals surface area contributed by atoms with Crippen LogP contribution in [-0.4, -0.2) is 47.0 Å².